The van der Waals surface area contributed by atoms with Gasteiger partial charge in [0.05, 0.1) is 17.2 Å². The summed E-state index contributed by atoms with van der Waals surface area (Å²) >= 11 is 1.62. The van der Waals surface area contributed by atoms with Crippen molar-refractivity contribution in [2.75, 3.05) is 7.05 Å². The maximum Gasteiger partial charge on any atom is 0.317 e. The second kappa shape index (κ2) is 6.18. The van der Waals surface area contributed by atoms with E-state index in [1.165, 1.54) is 19.3 Å². The fraction of sp³-hybridized carbons (Fsp3) is 0.692. The average Bonchev–Trinajstić information content (AvgIpc) is 2.76. The van der Waals surface area contributed by atoms with Gasteiger partial charge in [-0.25, -0.2) is 9.78 Å². The third-order valence-electron chi connectivity index (χ3n) is 3.35. The number of nitrogens with one attached hydrogen (secondary N) is 1. The Morgan fingerprint density at radius 3 is 2.83 bits per heavy atom. The molecule has 1 fully saturated rings. The summed E-state index contributed by atoms with van der Waals surface area (Å²) in [4.78, 5) is 18.1. The van der Waals surface area contributed by atoms with Crippen molar-refractivity contribution in [1.82, 2.24) is 15.2 Å². The standard InChI is InChI=1S/C13H21N3OS/c1-10-14-12(9-18-10)8-16(2)13(17)15-11-6-4-3-5-7-11/h9,11H,3-8H2,1-2H3,(H,15,17). The topological polar surface area (TPSA) is 45.2 Å². The van der Waals surface area contributed by atoms with Crippen molar-refractivity contribution >= 4 is 17.4 Å². The average molecular weight is 267 g/mol. The molecule has 0 bridgehead atoms. The highest BCUT2D eigenvalue weighted by atomic mass is 32.1. The van der Waals surface area contributed by atoms with E-state index >= 15 is 0 Å². The molecular weight excluding hydrogens is 246 g/mol. The van der Waals surface area contributed by atoms with E-state index < -0.39 is 0 Å². The van der Waals surface area contributed by atoms with E-state index in [-0.39, 0.29) is 6.03 Å². The lowest BCUT2D eigenvalue weighted by Crippen LogP contribution is -2.43. The van der Waals surface area contributed by atoms with Crippen molar-refractivity contribution in [2.45, 2.75) is 51.6 Å². The number of aromatic nitrogens is 1. The van der Waals surface area contributed by atoms with Crippen LogP contribution in [0.15, 0.2) is 5.38 Å². The summed E-state index contributed by atoms with van der Waals surface area (Å²) in [6, 6.07) is 0.387. The van der Waals surface area contributed by atoms with Crippen molar-refractivity contribution in [3.63, 3.8) is 0 Å². The van der Waals surface area contributed by atoms with Gasteiger partial charge in [-0.1, -0.05) is 19.3 Å². The lowest BCUT2D eigenvalue weighted by atomic mass is 9.96. The van der Waals surface area contributed by atoms with Gasteiger partial charge in [0.25, 0.3) is 0 Å². The highest BCUT2D eigenvalue weighted by molar-refractivity contribution is 7.09. The summed E-state index contributed by atoms with van der Waals surface area (Å²) in [5, 5.41) is 6.17. The van der Waals surface area contributed by atoms with Gasteiger partial charge >= 0.3 is 6.03 Å². The van der Waals surface area contributed by atoms with E-state index in [2.05, 4.69) is 10.3 Å². The van der Waals surface area contributed by atoms with Crippen LogP contribution in [-0.2, 0) is 6.54 Å². The Balaban J connectivity index is 1.80. The molecule has 0 saturated heterocycles. The minimum absolute atomic E-state index is 0.0209. The van der Waals surface area contributed by atoms with Gasteiger partial charge in [0.15, 0.2) is 0 Å². The maximum absolute atomic E-state index is 12.0. The molecule has 1 aliphatic carbocycles. The molecule has 1 heterocycles. The molecule has 18 heavy (non-hydrogen) atoms. The summed E-state index contributed by atoms with van der Waals surface area (Å²) < 4.78 is 0. The molecule has 5 heteroatoms. The maximum atomic E-state index is 12.0. The van der Waals surface area contributed by atoms with Gasteiger partial charge in [0.1, 0.15) is 0 Å². The molecule has 1 aliphatic rings. The molecule has 2 amide bonds. The van der Waals surface area contributed by atoms with Gasteiger partial charge < -0.3 is 10.2 Å². The molecule has 1 aromatic heterocycles. The van der Waals surface area contributed by atoms with Crippen LogP contribution in [0.5, 0.6) is 0 Å². The number of rotatable bonds is 3. The fourth-order valence-electron chi connectivity index (χ4n) is 2.33. The lowest BCUT2D eigenvalue weighted by molar-refractivity contribution is 0.198. The summed E-state index contributed by atoms with van der Waals surface area (Å²) in [5.74, 6) is 0. The third kappa shape index (κ3) is 3.70. The molecule has 1 saturated carbocycles. The number of amides is 2. The number of thiazole rings is 1. The molecule has 2 rings (SSSR count). The number of hydrogen-bond donors (Lipinski definition) is 1. The van der Waals surface area contributed by atoms with Crippen LogP contribution in [0.25, 0.3) is 0 Å². The first-order valence-electron chi connectivity index (χ1n) is 6.58. The van der Waals surface area contributed by atoms with Gasteiger partial charge in [-0.05, 0) is 19.8 Å². The van der Waals surface area contributed by atoms with E-state index in [1.54, 1.807) is 16.2 Å². The first kappa shape index (κ1) is 13.3. The van der Waals surface area contributed by atoms with Gasteiger partial charge in [-0.2, -0.15) is 0 Å². The van der Waals surface area contributed by atoms with E-state index in [9.17, 15) is 4.79 Å². The van der Waals surface area contributed by atoms with Crippen LogP contribution in [0, 0.1) is 6.92 Å². The zero-order valence-corrected chi connectivity index (χ0v) is 11.9. The van der Waals surface area contributed by atoms with Gasteiger partial charge in [-0.3, -0.25) is 0 Å². The van der Waals surface area contributed by atoms with Gasteiger partial charge in [0.2, 0.25) is 0 Å². The van der Waals surface area contributed by atoms with Crippen LogP contribution in [0.2, 0.25) is 0 Å². The largest absolute Gasteiger partial charge is 0.335 e. The monoisotopic (exact) mass is 267 g/mol. The number of carbonyl (C=O) groups is 1. The zero-order valence-electron chi connectivity index (χ0n) is 11.1. The van der Waals surface area contributed by atoms with Crippen LogP contribution in [0.4, 0.5) is 4.79 Å². The Kier molecular flexibility index (Phi) is 4.58. The minimum Gasteiger partial charge on any atom is -0.335 e. The van der Waals surface area contributed by atoms with Crippen molar-refractivity contribution in [3.05, 3.63) is 16.1 Å². The van der Waals surface area contributed by atoms with Crippen molar-refractivity contribution in [1.29, 1.82) is 0 Å². The SMILES string of the molecule is Cc1nc(CN(C)C(=O)NC2CCCCC2)cs1. The first-order valence-corrected chi connectivity index (χ1v) is 7.46. The summed E-state index contributed by atoms with van der Waals surface area (Å²) in [6.45, 7) is 2.57. The predicted molar refractivity (Wildman–Crippen MR) is 73.7 cm³/mol. The molecular formula is C13H21N3OS. The third-order valence-corrected chi connectivity index (χ3v) is 4.17. The van der Waals surface area contributed by atoms with Crippen LogP contribution < -0.4 is 5.32 Å². The number of carbonyl (C=O) groups excluding carboxylic acids is 1. The normalized spacial score (nSPS) is 16.6. The molecule has 4 nitrogen and oxygen atoms in total. The molecule has 1 aromatic rings. The van der Waals surface area contributed by atoms with Gasteiger partial charge in [-0.15, -0.1) is 11.3 Å². The van der Waals surface area contributed by atoms with Crippen molar-refractivity contribution < 1.29 is 4.79 Å². The van der Waals surface area contributed by atoms with Crippen LogP contribution in [-0.4, -0.2) is 29.0 Å². The highest BCUT2D eigenvalue weighted by Crippen LogP contribution is 2.17. The molecule has 0 radical (unpaired) electrons. The Morgan fingerprint density at radius 1 is 1.50 bits per heavy atom. The van der Waals surface area contributed by atoms with E-state index in [0.29, 0.717) is 12.6 Å². The van der Waals surface area contributed by atoms with Gasteiger partial charge in [0, 0.05) is 18.5 Å². The molecule has 0 unspecified atom stereocenters. The molecule has 100 valence electrons. The minimum atomic E-state index is 0.0209. The second-order valence-electron chi connectivity index (χ2n) is 5.00. The Morgan fingerprint density at radius 2 is 2.22 bits per heavy atom. The smallest absolute Gasteiger partial charge is 0.317 e. The number of nitrogens with zero attached hydrogens (tertiary/aromatic N) is 2. The Hall–Kier alpha value is -1.10. The van der Waals surface area contributed by atoms with Crippen molar-refractivity contribution in [3.8, 4) is 0 Å². The summed E-state index contributed by atoms with van der Waals surface area (Å²) in [5.41, 5.74) is 0.971. The van der Waals surface area contributed by atoms with Crippen LogP contribution >= 0.6 is 11.3 Å². The number of hydrogen-bond acceptors (Lipinski definition) is 3. The lowest BCUT2D eigenvalue weighted by Gasteiger charge is -2.25. The van der Waals surface area contributed by atoms with Crippen LogP contribution in [0.3, 0.4) is 0 Å². The highest BCUT2D eigenvalue weighted by Gasteiger charge is 2.18. The van der Waals surface area contributed by atoms with E-state index in [4.69, 9.17) is 0 Å². The Bertz CT molecular complexity index is 399. The van der Waals surface area contributed by atoms with Crippen LogP contribution in [0.1, 0.15) is 42.8 Å². The second-order valence-corrected chi connectivity index (χ2v) is 6.06. The molecule has 0 aliphatic heterocycles. The van der Waals surface area contributed by atoms with E-state index in [1.807, 2.05) is 19.4 Å². The molecule has 1 N–H and O–H groups in total. The fourth-order valence-corrected chi connectivity index (χ4v) is 2.93. The Labute approximate surface area is 112 Å². The molecule has 0 aromatic carbocycles. The molecule has 0 atom stereocenters. The predicted octanol–water partition coefficient (Wildman–Crippen LogP) is 2.93. The van der Waals surface area contributed by atoms with Crippen molar-refractivity contribution in [2.24, 2.45) is 0 Å². The summed E-state index contributed by atoms with van der Waals surface area (Å²) in [7, 11) is 1.83. The number of aryl methyl sites for hydroxylation is 1. The quantitative estimate of drug-likeness (QED) is 0.915. The zero-order chi connectivity index (χ0) is 13.0. The summed E-state index contributed by atoms with van der Waals surface area (Å²) in [6.07, 6.45) is 6.02. The molecule has 0 spiro atoms. The number of urea groups is 1. The van der Waals surface area contributed by atoms with E-state index in [0.717, 1.165) is 23.5 Å². The first-order chi connectivity index (χ1) is 8.65.